The van der Waals surface area contributed by atoms with Crippen LogP contribution in [0.5, 0.6) is 0 Å². The van der Waals surface area contributed by atoms with Crippen LogP contribution in [-0.4, -0.2) is 39.4 Å². The number of methoxy groups -OCH3 is 1. The standard InChI is InChI=1S/C9H17NO3/c1-8(2)9(11)10-4-5-13-7-6-12-3/h1,4-7H2,2-3H3,(H,10,11). The van der Waals surface area contributed by atoms with E-state index < -0.39 is 0 Å². The normalized spacial score (nSPS) is 9.69. The third-order valence-corrected chi connectivity index (χ3v) is 1.35. The van der Waals surface area contributed by atoms with Crippen LogP contribution in [0.3, 0.4) is 0 Å². The summed E-state index contributed by atoms with van der Waals surface area (Å²) in [5.74, 6) is -0.129. The molecule has 13 heavy (non-hydrogen) atoms. The second kappa shape index (κ2) is 7.76. The van der Waals surface area contributed by atoms with Crippen molar-refractivity contribution in [1.29, 1.82) is 0 Å². The Morgan fingerprint density at radius 1 is 1.38 bits per heavy atom. The largest absolute Gasteiger partial charge is 0.382 e. The topological polar surface area (TPSA) is 47.6 Å². The molecule has 0 radical (unpaired) electrons. The summed E-state index contributed by atoms with van der Waals surface area (Å²) in [6.45, 7) is 7.32. The minimum Gasteiger partial charge on any atom is -0.382 e. The molecule has 0 aromatic heterocycles. The molecule has 0 atom stereocenters. The molecule has 0 bridgehead atoms. The molecule has 0 heterocycles. The molecule has 1 amide bonds. The SMILES string of the molecule is C=C(C)C(=O)NCCOCCOC. The molecule has 0 unspecified atom stereocenters. The molecule has 0 fully saturated rings. The maximum Gasteiger partial charge on any atom is 0.246 e. The fraction of sp³-hybridized carbons (Fsp3) is 0.667. The van der Waals surface area contributed by atoms with Crippen molar-refractivity contribution in [1.82, 2.24) is 5.32 Å². The fourth-order valence-electron chi connectivity index (χ4n) is 0.632. The highest BCUT2D eigenvalue weighted by molar-refractivity contribution is 5.91. The summed E-state index contributed by atoms with van der Waals surface area (Å²) in [5.41, 5.74) is 0.511. The van der Waals surface area contributed by atoms with Gasteiger partial charge in [-0.15, -0.1) is 0 Å². The van der Waals surface area contributed by atoms with Crippen molar-refractivity contribution in [3.05, 3.63) is 12.2 Å². The Kier molecular flexibility index (Phi) is 7.24. The van der Waals surface area contributed by atoms with E-state index in [1.54, 1.807) is 14.0 Å². The van der Waals surface area contributed by atoms with E-state index in [4.69, 9.17) is 9.47 Å². The molecule has 0 saturated carbocycles. The van der Waals surface area contributed by atoms with Crippen LogP contribution in [0.25, 0.3) is 0 Å². The molecule has 0 aromatic carbocycles. The Morgan fingerprint density at radius 3 is 2.62 bits per heavy atom. The van der Waals surface area contributed by atoms with Gasteiger partial charge in [-0.2, -0.15) is 0 Å². The summed E-state index contributed by atoms with van der Waals surface area (Å²) in [6.07, 6.45) is 0. The smallest absolute Gasteiger partial charge is 0.246 e. The highest BCUT2D eigenvalue weighted by atomic mass is 16.5. The Labute approximate surface area is 78.9 Å². The predicted molar refractivity (Wildman–Crippen MR) is 50.5 cm³/mol. The number of ether oxygens (including phenoxy) is 2. The fourth-order valence-corrected chi connectivity index (χ4v) is 0.632. The average Bonchev–Trinajstić information content (AvgIpc) is 2.10. The van der Waals surface area contributed by atoms with Gasteiger partial charge in [0.2, 0.25) is 5.91 Å². The third-order valence-electron chi connectivity index (χ3n) is 1.35. The molecule has 4 heteroatoms. The van der Waals surface area contributed by atoms with Gasteiger partial charge in [-0.05, 0) is 6.92 Å². The molecular formula is C9H17NO3. The van der Waals surface area contributed by atoms with Gasteiger partial charge in [0.05, 0.1) is 19.8 Å². The van der Waals surface area contributed by atoms with Crippen molar-refractivity contribution < 1.29 is 14.3 Å². The molecule has 0 saturated heterocycles. The lowest BCUT2D eigenvalue weighted by molar-refractivity contribution is -0.117. The first kappa shape index (κ1) is 12.1. The van der Waals surface area contributed by atoms with Crippen molar-refractivity contribution in [2.24, 2.45) is 0 Å². The minimum atomic E-state index is -0.129. The van der Waals surface area contributed by atoms with Crippen molar-refractivity contribution >= 4 is 5.91 Å². The average molecular weight is 187 g/mol. The van der Waals surface area contributed by atoms with Crippen LogP contribution in [0.2, 0.25) is 0 Å². The van der Waals surface area contributed by atoms with Gasteiger partial charge in [0.25, 0.3) is 0 Å². The molecule has 0 aliphatic carbocycles. The second-order valence-corrected chi connectivity index (χ2v) is 2.64. The first-order chi connectivity index (χ1) is 6.18. The van der Waals surface area contributed by atoms with E-state index in [0.717, 1.165) is 0 Å². The maximum absolute atomic E-state index is 10.9. The van der Waals surface area contributed by atoms with Crippen LogP contribution >= 0.6 is 0 Å². The van der Waals surface area contributed by atoms with E-state index in [9.17, 15) is 4.79 Å². The van der Waals surface area contributed by atoms with Gasteiger partial charge < -0.3 is 14.8 Å². The Morgan fingerprint density at radius 2 is 2.08 bits per heavy atom. The summed E-state index contributed by atoms with van der Waals surface area (Å²) in [4.78, 5) is 10.9. The highest BCUT2D eigenvalue weighted by Crippen LogP contribution is 1.84. The van der Waals surface area contributed by atoms with Crippen LogP contribution < -0.4 is 5.32 Å². The zero-order chi connectivity index (χ0) is 10.1. The van der Waals surface area contributed by atoms with Crippen LogP contribution in [0.1, 0.15) is 6.92 Å². The Hall–Kier alpha value is -0.870. The molecule has 4 nitrogen and oxygen atoms in total. The molecule has 0 aliphatic rings. The lowest BCUT2D eigenvalue weighted by Crippen LogP contribution is -2.27. The van der Waals surface area contributed by atoms with Crippen molar-refractivity contribution in [3.8, 4) is 0 Å². The summed E-state index contributed by atoms with van der Waals surface area (Å²) >= 11 is 0. The molecule has 0 aliphatic heterocycles. The molecule has 1 N–H and O–H groups in total. The summed E-state index contributed by atoms with van der Waals surface area (Å²) in [7, 11) is 1.62. The van der Waals surface area contributed by atoms with E-state index in [2.05, 4.69) is 11.9 Å². The van der Waals surface area contributed by atoms with Gasteiger partial charge in [-0.25, -0.2) is 0 Å². The number of rotatable bonds is 7. The lowest BCUT2D eigenvalue weighted by atomic mass is 10.3. The van der Waals surface area contributed by atoms with E-state index in [-0.39, 0.29) is 5.91 Å². The first-order valence-electron chi connectivity index (χ1n) is 4.19. The number of carbonyl (C=O) groups excluding carboxylic acids is 1. The molecule has 0 aromatic rings. The van der Waals surface area contributed by atoms with Crippen LogP contribution in [0, 0.1) is 0 Å². The second-order valence-electron chi connectivity index (χ2n) is 2.64. The summed E-state index contributed by atoms with van der Waals surface area (Å²) in [5, 5.41) is 2.65. The van der Waals surface area contributed by atoms with Crippen LogP contribution in [0.15, 0.2) is 12.2 Å². The molecule has 0 rings (SSSR count). The number of amides is 1. The van der Waals surface area contributed by atoms with Crippen molar-refractivity contribution in [2.45, 2.75) is 6.92 Å². The predicted octanol–water partition coefficient (Wildman–Crippen LogP) is 0.342. The van der Waals surface area contributed by atoms with Gasteiger partial charge in [0.15, 0.2) is 0 Å². The van der Waals surface area contributed by atoms with E-state index in [1.165, 1.54) is 0 Å². The lowest BCUT2D eigenvalue weighted by Gasteiger charge is -2.05. The first-order valence-corrected chi connectivity index (χ1v) is 4.19. The monoisotopic (exact) mass is 187 g/mol. The van der Waals surface area contributed by atoms with Crippen molar-refractivity contribution in [2.75, 3.05) is 33.5 Å². The molecule has 0 spiro atoms. The highest BCUT2D eigenvalue weighted by Gasteiger charge is 1.98. The molecule has 76 valence electrons. The number of nitrogens with one attached hydrogen (secondary N) is 1. The Bertz CT molecular complexity index is 168. The van der Waals surface area contributed by atoms with Crippen molar-refractivity contribution in [3.63, 3.8) is 0 Å². The zero-order valence-electron chi connectivity index (χ0n) is 8.26. The van der Waals surface area contributed by atoms with Gasteiger partial charge >= 0.3 is 0 Å². The van der Waals surface area contributed by atoms with E-state index in [1.807, 2.05) is 0 Å². The van der Waals surface area contributed by atoms with Crippen LogP contribution in [-0.2, 0) is 14.3 Å². The molecular weight excluding hydrogens is 170 g/mol. The number of hydrogen-bond donors (Lipinski definition) is 1. The Balaban J connectivity index is 3.16. The summed E-state index contributed by atoms with van der Waals surface area (Å²) < 4.78 is 9.92. The number of carbonyl (C=O) groups is 1. The van der Waals surface area contributed by atoms with Gasteiger partial charge in [0.1, 0.15) is 0 Å². The van der Waals surface area contributed by atoms with Gasteiger partial charge in [-0.1, -0.05) is 6.58 Å². The third kappa shape index (κ3) is 7.49. The van der Waals surface area contributed by atoms with E-state index >= 15 is 0 Å². The quantitative estimate of drug-likeness (QED) is 0.462. The van der Waals surface area contributed by atoms with Crippen LogP contribution in [0.4, 0.5) is 0 Å². The zero-order valence-corrected chi connectivity index (χ0v) is 8.26. The summed E-state index contributed by atoms with van der Waals surface area (Å²) in [6, 6.07) is 0. The number of hydrogen-bond acceptors (Lipinski definition) is 3. The minimum absolute atomic E-state index is 0.129. The van der Waals surface area contributed by atoms with Gasteiger partial charge in [-0.3, -0.25) is 4.79 Å². The van der Waals surface area contributed by atoms with E-state index in [0.29, 0.717) is 31.9 Å². The maximum atomic E-state index is 10.9. The van der Waals surface area contributed by atoms with Gasteiger partial charge in [0, 0.05) is 19.2 Å².